The molecule has 0 spiro atoms. The summed E-state index contributed by atoms with van der Waals surface area (Å²) in [5.41, 5.74) is 9.35. The first-order chi connectivity index (χ1) is 20.4. The van der Waals surface area contributed by atoms with Crippen LogP contribution in [0.25, 0.3) is 5.69 Å². The standard InChI is InChI=1S/C32H35N5O5S/c1-21-7-16-31(22(2)17-21)37-23(3)18-26(24(37)4)19-33-35-32(39)20-36(28-10-12-29(42-6)13-11-28)43(40,41)30-14-8-27(9-15-30)34-25(5)38/h7-19H,20H2,1-6H3,(H,34,38)(H,35,39)/b33-19-. The van der Waals surface area contributed by atoms with Gasteiger partial charge in [-0.05, 0) is 93.9 Å². The number of anilines is 2. The van der Waals surface area contributed by atoms with Crippen LogP contribution in [0.4, 0.5) is 11.4 Å². The zero-order chi connectivity index (χ0) is 31.3. The van der Waals surface area contributed by atoms with E-state index in [0.29, 0.717) is 11.4 Å². The maximum absolute atomic E-state index is 13.7. The predicted octanol–water partition coefficient (Wildman–Crippen LogP) is 5.02. The Bertz CT molecular complexity index is 1780. The molecule has 2 amide bonds. The second kappa shape index (κ2) is 13.0. The van der Waals surface area contributed by atoms with E-state index in [1.807, 2.05) is 19.9 Å². The van der Waals surface area contributed by atoms with Crippen molar-refractivity contribution in [1.82, 2.24) is 9.99 Å². The number of hydrazone groups is 1. The Hall–Kier alpha value is -4.90. The minimum absolute atomic E-state index is 0.0486. The van der Waals surface area contributed by atoms with Crippen LogP contribution < -0.4 is 19.8 Å². The molecule has 10 nitrogen and oxygen atoms in total. The van der Waals surface area contributed by atoms with Crippen LogP contribution in [-0.4, -0.2) is 44.7 Å². The number of nitrogens with zero attached hydrogens (tertiary/aromatic N) is 3. The summed E-state index contributed by atoms with van der Waals surface area (Å²) < 4.78 is 35.7. The minimum atomic E-state index is -4.17. The molecule has 0 fully saturated rings. The largest absolute Gasteiger partial charge is 0.497 e. The van der Waals surface area contributed by atoms with Crippen molar-refractivity contribution in [2.45, 2.75) is 39.5 Å². The number of sulfonamides is 1. The molecule has 224 valence electrons. The van der Waals surface area contributed by atoms with Crippen molar-refractivity contribution in [3.05, 3.63) is 101 Å². The molecule has 0 saturated carbocycles. The highest BCUT2D eigenvalue weighted by Gasteiger charge is 2.27. The zero-order valence-electron chi connectivity index (χ0n) is 25.0. The van der Waals surface area contributed by atoms with Gasteiger partial charge in [0.1, 0.15) is 12.3 Å². The third kappa shape index (κ3) is 7.12. The number of amides is 2. The molecule has 1 heterocycles. The van der Waals surface area contributed by atoms with Crippen molar-refractivity contribution in [3.8, 4) is 11.4 Å². The molecule has 0 bridgehead atoms. The molecule has 4 aromatic rings. The summed E-state index contributed by atoms with van der Waals surface area (Å²) in [5, 5.41) is 6.74. The molecule has 4 rings (SSSR count). The van der Waals surface area contributed by atoms with Gasteiger partial charge in [0.2, 0.25) is 5.91 Å². The van der Waals surface area contributed by atoms with Crippen LogP contribution in [-0.2, 0) is 19.6 Å². The van der Waals surface area contributed by atoms with Crippen LogP contribution in [0.15, 0.2) is 82.8 Å². The van der Waals surface area contributed by atoms with Crippen LogP contribution in [0.5, 0.6) is 5.75 Å². The summed E-state index contributed by atoms with van der Waals surface area (Å²) in [6, 6.07) is 20.3. The summed E-state index contributed by atoms with van der Waals surface area (Å²) in [4.78, 5) is 24.4. The number of methoxy groups -OCH3 is 1. The van der Waals surface area contributed by atoms with Gasteiger partial charge in [-0.2, -0.15) is 5.10 Å². The van der Waals surface area contributed by atoms with Crippen molar-refractivity contribution in [2.24, 2.45) is 5.10 Å². The average Bonchev–Trinajstić information content (AvgIpc) is 3.24. The van der Waals surface area contributed by atoms with Gasteiger partial charge < -0.3 is 14.6 Å². The lowest BCUT2D eigenvalue weighted by Crippen LogP contribution is -2.39. The lowest BCUT2D eigenvalue weighted by molar-refractivity contribution is -0.119. The van der Waals surface area contributed by atoms with Crippen LogP contribution in [0.3, 0.4) is 0 Å². The predicted molar refractivity (Wildman–Crippen MR) is 169 cm³/mol. The molecular formula is C32H35N5O5S. The van der Waals surface area contributed by atoms with E-state index in [0.717, 1.165) is 32.5 Å². The fourth-order valence-corrected chi connectivity index (χ4v) is 6.21. The van der Waals surface area contributed by atoms with E-state index in [9.17, 15) is 18.0 Å². The lowest BCUT2D eigenvalue weighted by Gasteiger charge is -2.24. The molecule has 43 heavy (non-hydrogen) atoms. The monoisotopic (exact) mass is 601 g/mol. The highest BCUT2D eigenvalue weighted by Crippen LogP contribution is 2.27. The molecule has 2 N–H and O–H groups in total. The minimum Gasteiger partial charge on any atom is -0.497 e. The van der Waals surface area contributed by atoms with E-state index < -0.39 is 22.5 Å². The summed E-state index contributed by atoms with van der Waals surface area (Å²) in [5.74, 6) is -0.373. The molecule has 0 aliphatic carbocycles. The van der Waals surface area contributed by atoms with E-state index in [1.54, 1.807) is 30.5 Å². The van der Waals surface area contributed by atoms with E-state index >= 15 is 0 Å². The molecule has 3 aromatic carbocycles. The van der Waals surface area contributed by atoms with Crippen molar-refractivity contribution in [3.63, 3.8) is 0 Å². The first-order valence-corrected chi connectivity index (χ1v) is 15.0. The maximum Gasteiger partial charge on any atom is 0.264 e. The fourth-order valence-electron chi connectivity index (χ4n) is 4.79. The Balaban J connectivity index is 1.56. The molecule has 1 aromatic heterocycles. The second-order valence-electron chi connectivity index (χ2n) is 10.2. The third-order valence-corrected chi connectivity index (χ3v) is 8.65. The van der Waals surface area contributed by atoms with E-state index in [4.69, 9.17) is 4.74 Å². The van der Waals surface area contributed by atoms with Gasteiger partial charge in [-0.15, -0.1) is 0 Å². The smallest absolute Gasteiger partial charge is 0.264 e. The third-order valence-electron chi connectivity index (χ3n) is 6.87. The number of benzene rings is 3. The van der Waals surface area contributed by atoms with Gasteiger partial charge in [-0.25, -0.2) is 13.8 Å². The Morgan fingerprint density at radius 3 is 2.23 bits per heavy atom. The normalized spacial score (nSPS) is 11.4. The highest BCUT2D eigenvalue weighted by molar-refractivity contribution is 7.92. The molecule has 0 aliphatic rings. The molecule has 0 saturated heterocycles. The van der Waals surface area contributed by atoms with Crippen molar-refractivity contribution in [2.75, 3.05) is 23.3 Å². The zero-order valence-corrected chi connectivity index (χ0v) is 25.8. The van der Waals surface area contributed by atoms with Crippen molar-refractivity contribution < 1.29 is 22.7 Å². The lowest BCUT2D eigenvalue weighted by atomic mass is 10.1. The Morgan fingerprint density at radius 2 is 1.63 bits per heavy atom. The number of hydrogen-bond acceptors (Lipinski definition) is 6. The van der Waals surface area contributed by atoms with Gasteiger partial charge in [-0.3, -0.25) is 13.9 Å². The molecule has 0 aliphatic heterocycles. The number of ether oxygens (including phenoxy) is 1. The van der Waals surface area contributed by atoms with Gasteiger partial charge in [0.05, 0.1) is 23.9 Å². The fraction of sp³-hybridized carbons (Fsp3) is 0.219. The molecule has 0 unspecified atom stereocenters. The highest BCUT2D eigenvalue weighted by atomic mass is 32.2. The molecular weight excluding hydrogens is 566 g/mol. The number of hydrogen-bond donors (Lipinski definition) is 2. The quantitative estimate of drug-likeness (QED) is 0.195. The Labute approximate surface area is 252 Å². The van der Waals surface area contributed by atoms with Gasteiger partial charge in [0.25, 0.3) is 15.9 Å². The second-order valence-corrected chi connectivity index (χ2v) is 12.0. The number of aromatic nitrogens is 1. The summed E-state index contributed by atoms with van der Waals surface area (Å²) >= 11 is 0. The number of aryl methyl sites for hydroxylation is 3. The van der Waals surface area contributed by atoms with Crippen molar-refractivity contribution in [1.29, 1.82) is 0 Å². The number of rotatable bonds is 10. The van der Waals surface area contributed by atoms with Crippen LogP contribution in [0.2, 0.25) is 0 Å². The van der Waals surface area contributed by atoms with Crippen LogP contribution in [0.1, 0.15) is 35.0 Å². The van der Waals surface area contributed by atoms with Gasteiger partial charge in [0, 0.05) is 35.2 Å². The number of nitrogens with one attached hydrogen (secondary N) is 2. The Kier molecular flexibility index (Phi) is 9.35. The summed E-state index contributed by atoms with van der Waals surface area (Å²) in [7, 11) is -2.67. The van der Waals surface area contributed by atoms with E-state index in [2.05, 4.69) is 52.5 Å². The Morgan fingerprint density at radius 1 is 0.953 bits per heavy atom. The van der Waals surface area contributed by atoms with E-state index in [1.165, 1.54) is 43.9 Å². The SMILES string of the molecule is COc1ccc(N(CC(=O)N/N=C\c2cc(C)n(-c3ccc(C)cc3C)c2C)S(=O)(=O)c2ccc(NC(C)=O)cc2)cc1. The first-order valence-electron chi connectivity index (χ1n) is 13.5. The number of carbonyl (C=O) groups is 2. The van der Waals surface area contributed by atoms with Gasteiger partial charge in [-0.1, -0.05) is 17.7 Å². The maximum atomic E-state index is 13.7. The summed E-state index contributed by atoms with van der Waals surface area (Å²) in [6.07, 6.45) is 1.55. The van der Waals surface area contributed by atoms with Crippen LogP contribution in [0, 0.1) is 27.7 Å². The summed E-state index contributed by atoms with van der Waals surface area (Å²) in [6.45, 7) is 8.93. The average molecular weight is 602 g/mol. The van der Waals surface area contributed by atoms with Gasteiger partial charge in [0.15, 0.2) is 0 Å². The number of carbonyl (C=O) groups excluding carboxylic acids is 2. The topological polar surface area (TPSA) is 122 Å². The van der Waals surface area contributed by atoms with Gasteiger partial charge >= 0.3 is 0 Å². The van der Waals surface area contributed by atoms with E-state index in [-0.39, 0.29) is 16.5 Å². The van der Waals surface area contributed by atoms with Crippen molar-refractivity contribution >= 4 is 39.4 Å². The molecule has 0 radical (unpaired) electrons. The molecule has 0 atom stereocenters. The first kappa shape index (κ1) is 31.0. The van der Waals surface area contributed by atoms with Crippen LogP contribution >= 0.6 is 0 Å². The molecule has 11 heteroatoms.